The van der Waals surface area contributed by atoms with Gasteiger partial charge < -0.3 is 14.9 Å². The van der Waals surface area contributed by atoms with E-state index in [1.54, 1.807) is 0 Å². The molecule has 5 nitrogen and oxygen atoms in total. The minimum absolute atomic E-state index is 0.0278. The van der Waals surface area contributed by atoms with Crippen molar-refractivity contribution < 1.29 is 19.5 Å². The third-order valence-corrected chi connectivity index (χ3v) is 3.06. The summed E-state index contributed by atoms with van der Waals surface area (Å²) in [6, 6.07) is 0. The Morgan fingerprint density at radius 3 is 2.14 bits per heavy atom. The zero-order valence-electron chi connectivity index (χ0n) is 13.7. The molecule has 124 valence electrons. The predicted octanol–water partition coefficient (Wildman–Crippen LogP) is 1.66. The van der Waals surface area contributed by atoms with Gasteiger partial charge in [-0.15, -0.1) is 0 Å². The molecular weight excluding hydrogens is 268 g/mol. The lowest BCUT2D eigenvalue weighted by Gasteiger charge is -1.98. The van der Waals surface area contributed by atoms with Crippen molar-refractivity contribution >= 4 is 0 Å². The van der Waals surface area contributed by atoms with Crippen molar-refractivity contribution in [2.75, 3.05) is 26.4 Å². The highest BCUT2D eigenvalue weighted by Gasteiger charge is 1.98. The number of aliphatic hydroxyl groups is 2. The summed E-state index contributed by atoms with van der Waals surface area (Å²) in [4.78, 5) is 0. The van der Waals surface area contributed by atoms with Crippen molar-refractivity contribution in [1.29, 1.82) is 0 Å². The van der Waals surface area contributed by atoms with E-state index in [0.717, 1.165) is 0 Å². The van der Waals surface area contributed by atoms with Gasteiger partial charge in [-0.1, -0.05) is 32.6 Å². The number of hydrogen-bond acceptors (Lipinski definition) is 3. The lowest BCUT2D eigenvalue weighted by Crippen LogP contribution is -2.23. The van der Waals surface area contributed by atoms with Gasteiger partial charge in [0.15, 0.2) is 0 Å². The molecule has 21 heavy (non-hydrogen) atoms. The normalized spacial score (nSPS) is 10.3. The molecule has 0 fully saturated rings. The Labute approximate surface area is 129 Å². The minimum Gasteiger partial charge on any atom is -0.394 e. The molecule has 1 aromatic heterocycles. The van der Waals surface area contributed by atoms with Crippen LogP contribution in [0, 0.1) is 0 Å². The smallest absolute Gasteiger partial charge is 0.243 e. The summed E-state index contributed by atoms with van der Waals surface area (Å²) in [7, 11) is 2.07. The van der Waals surface area contributed by atoms with Crippen molar-refractivity contribution in [3.63, 3.8) is 0 Å². The number of hydrogen-bond donors (Lipinski definition) is 2. The van der Waals surface area contributed by atoms with Gasteiger partial charge >= 0.3 is 0 Å². The molecule has 0 saturated heterocycles. The fourth-order valence-electron chi connectivity index (χ4n) is 1.94. The molecule has 0 aliphatic rings. The van der Waals surface area contributed by atoms with Crippen LogP contribution in [-0.2, 0) is 18.3 Å². The van der Waals surface area contributed by atoms with Gasteiger partial charge in [-0.3, -0.25) is 0 Å². The quantitative estimate of drug-likeness (QED) is 0.483. The minimum atomic E-state index is 0.0278. The summed E-state index contributed by atoms with van der Waals surface area (Å²) in [5.41, 5.74) is 0. The molecule has 0 atom stereocenters. The van der Waals surface area contributed by atoms with Crippen LogP contribution in [0.5, 0.6) is 0 Å². The molecule has 1 rings (SSSR count). The lowest BCUT2D eigenvalue weighted by molar-refractivity contribution is -0.671. The van der Waals surface area contributed by atoms with E-state index in [9.17, 15) is 0 Å². The molecule has 1 heterocycles. The van der Waals surface area contributed by atoms with E-state index in [0.29, 0.717) is 13.2 Å². The van der Waals surface area contributed by atoms with Crippen LogP contribution >= 0.6 is 0 Å². The zero-order valence-corrected chi connectivity index (χ0v) is 13.7. The van der Waals surface area contributed by atoms with Gasteiger partial charge in [0.05, 0.1) is 40.0 Å². The number of aromatic nitrogens is 2. The van der Waals surface area contributed by atoms with Gasteiger partial charge in [0, 0.05) is 0 Å². The largest absolute Gasteiger partial charge is 0.394 e. The molecule has 0 spiro atoms. The Kier molecular flexibility index (Phi) is 14.8. The third kappa shape index (κ3) is 13.8. The standard InChI is InChI=1S/C12H23N2.C4H10O3/c1-3-4-5-6-7-8-9-14-11-10-13(2)12-14;5-1-3-7-4-2-6/h10-12H,3-9H2,1-2H3;5-6H,1-4H2/q+1;. The van der Waals surface area contributed by atoms with Gasteiger partial charge in [-0.2, -0.15) is 0 Å². The number of aryl methyl sites for hydroxylation is 2. The first-order valence-corrected chi connectivity index (χ1v) is 8.05. The summed E-state index contributed by atoms with van der Waals surface area (Å²) in [5, 5.41) is 16.2. The molecule has 0 amide bonds. The fourth-order valence-corrected chi connectivity index (χ4v) is 1.94. The van der Waals surface area contributed by atoms with Crippen LogP contribution in [0.3, 0.4) is 0 Å². The predicted molar refractivity (Wildman–Crippen MR) is 84.0 cm³/mol. The first kappa shape index (κ1) is 20.1. The number of ether oxygens (including phenoxy) is 1. The van der Waals surface area contributed by atoms with Crippen molar-refractivity contribution in [3.05, 3.63) is 18.7 Å². The SMILES string of the molecule is CCCCCCCCn1cc[n+](C)c1.OCCOCCO. The van der Waals surface area contributed by atoms with Crippen molar-refractivity contribution in [2.45, 2.75) is 52.0 Å². The summed E-state index contributed by atoms with van der Waals surface area (Å²) in [5.74, 6) is 0. The second-order valence-electron chi connectivity index (χ2n) is 5.14. The Morgan fingerprint density at radius 1 is 1.00 bits per heavy atom. The third-order valence-electron chi connectivity index (χ3n) is 3.06. The molecule has 0 bridgehead atoms. The first-order valence-electron chi connectivity index (χ1n) is 8.05. The molecule has 0 aliphatic carbocycles. The maximum Gasteiger partial charge on any atom is 0.243 e. The molecule has 1 aromatic rings. The van der Waals surface area contributed by atoms with Crippen LogP contribution in [0.15, 0.2) is 18.7 Å². The van der Waals surface area contributed by atoms with E-state index in [2.05, 4.69) is 46.6 Å². The van der Waals surface area contributed by atoms with Crippen LogP contribution in [0.2, 0.25) is 0 Å². The fraction of sp³-hybridized carbons (Fsp3) is 0.812. The van der Waals surface area contributed by atoms with E-state index in [1.165, 1.54) is 45.1 Å². The summed E-state index contributed by atoms with van der Waals surface area (Å²) in [6.45, 7) is 4.13. The number of nitrogens with zero attached hydrogens (tertiary/aromatic N) is 2. The highest BCUT2D eigenvalue weighted by molar-refractivity contribution is 4.65. The van der Waals surface area contributed by atoms with Crippen LogP contribution < -0.4 is 4.57 Å². The first-order chi connectivity index (χ1) is 10.2. The highest BCUT2D eigenvalue weighted by Crippen LogP contribution is 2.05. The lowest BCUT2D eigenvalue weighted by atomic mass is 10.1. The second-order valence-corrected chi connectivity index (χ2v) is 5.14. The molecule has 5 heteroatoms. The van der Waals surface area contributed by atoms with Crippen LogP contribution in [-0.4, -0.2) is 41.2 Å². The average molecular weight is 301 g/mol. The maximum absolute atomic E-state index is 8.09. The van der Waals surface area contributed by atoms with E-state index in [-0.39, 0.29) is 13.2 Å². The van der Waals surface area contributed by atoms with Crippen LogP contribution in [0.4, 0.5) is 0 Å². The van der Waals surface area contributed by atoms with E-state index >= 15 is 0 Å². The summed E-state index contributed by atoms with van der Waals surface area (Å²) >= 11 is 0. The molecule has 0 aliphatic heterocycles. The molecule has 0 radical (unpaired) electrons. The molecule has 2 N–H and O–H groups in total. The number of unbranched alkanes of at least 4 members (excludes halogenated alkanes) is 5. The Morgan fingerprint density at radius 2 is 1.62 bits per heavy atom. The van der Waals surface area contributed by atoms with E-state index in [4.69, 9.17) is 10.2 Å². The monoisotopic (exact) mass is 301 g/mol. The number of imidazole rings is 1. The van der Waals surface area contributed by atoms with E-state index < -0.39 is 0 Å². The number of aliphatic hydroxyl groups excluding tert-OH is 2. The average Bonchev–Trinajstić information content (AvgIpc) is 2.90. The van der Waals surface area contributed by atoms with E-state index in [1.807, 2.05) is 0 Å². The Bertz CT molecular complexity index is 312. The van der Waals surface area contributed by atoms with Crippen molar-refractivity contribution in [1.82, 2.24) is 4.57 Å². The molecule has 0 unspecified atom stereocenters. The summed E-state index contributed by atoms with van der Waals surface area (Å²) < 4.78 is 8.99. The Hall–Kier alpha value is -0.910. The second kappa shape index (κ2) is 15.5. The van der Waals surface area contributed by atoms with Crippen molar-refractivity contribution in [2.24, 2.45) is 7.05 Å². The molecular formula is C16H33N2O3+. The van der Waals surface area contributed by atoms with Crippen molar-refractivity contribution in [3.8, 4) is 0 Å². The summed E-state index contributed by atoms with van der Waals surface area (Å²) in [6.07, 6.45) is 14.6. The zero-order chi connectivity index (χ0) is 15.8. The van der Waals surface area contributed by atoms with Gasteiger partial charge in [-0.05, 0) is 12.8 Å². The van der Waals surface area contributed by atoms with Crippen LogP contribution in [0.1, 0.15) is 45.4 Å². The molecule has 0 saturated carbocycles. The van der Waals surface area contributed by atoms with Gasteiger partial charge in [0.1, 0.15) is 12.4 Å². The topological polar surface area (TPSA) is 58.5 Å². The van der Waals surface area contributed by atoms with Crippen LogP contribution in [0.25, 0.3) is 0 Å². The van der Waals surface area contributed by atoms with Gasteiger partial charge in [0.25, 0.3) is 0 Å². The number of rotatable bonds is 11. The highest BCUT2D eigenvalue weighted by atomic mass is 16.5. The van der Waals surface area contributed by atoms with Gasteiger partial charge in [-0.25, -0.2) is 9.13 Å². The maximum atomic E-state index is 8.09. The van der Waals surface area contributed by atoms with Gasteiger partial charge in [0.2, 0.25) is 6.33 Å². The molecule has 0 aromatic carbocycles. The Balaban J connectivity index is 0.000000486.